The van der Waals surface area contributed by atoms with Crippen molar-refractivity contribution in [2.45, 2.75) is 25.9 Å². The quantitative estimate of drug-likeness (QED) is 0.660. The summed E-state index contributed by atoms with van der Waals surface area (Å²) in [5.74, 6) is -1.39. The summed E-state index contributed by atoms with van der Waals surface area (Å²) in [6.45, 7) is 1.18. The summed E-state index contributed by atoms with van der Waals surface area (Å²) in [6, 6.07) is 0. The highest BCUT2D eigenvalue weighted by Gasteiger charge is 2.28. The molecule has 18 heavy (non-hydrogen) atoms. The van der Waals surface area contributed by atoms with E-state index in [0.717, 1.165) is 7.05 Å². The van der Waals surface area contributed by atoms with E-state index in [1.165, 1.54) is 0 Å². The van der Waals surface area contributed by atoms with E-state index in [1.54, 1.807) is 6.92 Å². The van der Waals surface area contributed by atoms with Crippen LogP contribution in [0.15, 0.2) is 0 Å². The van der Waals surface area contributed by atoms with Crippen LogP contribution in [0.1, 0.15) is 19.8 Å². The first-order valence-corrected chi connectivity index (χ1v) is 6.86. The summed E-state index contributed by atoms with van der Waals surface area (Å²) >= 11 is 0. The molecule has 0 aromatic heterocycles. The fourth-order valence-electron chi connectivity index (χ4n) is 1.10. The van der Waals surface area contributed by atoms with E-state index in [9.17, 15) is 26.4 Å². The van der Waals surface area contributed by atoms with Gasteiger partial charge in [0.1, 0.15) is 6.54 Å². The number of nitrogens with zero attached hydrogens (tertiary/aromatic N) is 1. The van der Waals surface area contributed by atoms with Crippen LogP contribution in [0.3, 0.4) is 0 Å². The summed E-state index contributed by atoms with van der Waals surface area (Å²) in [6.07, 6.45) is -6.08. The third-order valence-corrected chi connectivity index (χ3v) is 3.88. The second-order valence-corrected chi connectivity index (χ2v) is 5.79. The molecule has 5 nitrogen and oxygen atoms in total. The van der Waals surface area contributed by atoms with Gasteiger partial charge in [0, 0.05) is 13.5 Å². The number of sulfonamides is 1. The fourth-order valence-corrected chi connectivity index (χ4v) is 2.22. The van der Waals surface area contributed by atoms with Gasteiger partial charge >= 0.3 is 12.1 Å². The van der Waals surface area contributed by atoms with E-state index in [2.05, 4.69) is 4.74 Å². The Labute approximate surface area is 104 Å². The van der Waals surface area contributed by atoms with E-state index in [-0.39, 0.29) is 6.61 Å². The molecule has 0 aromatic rings. The number of carbonyl (C=O) groups is 1. The van der Waals surface area contributed by atoms with Crippen LogP contribution in [-0.2, 0) is 19.6 Å². The number of alkyl halides is 3. The summed E-state index contributed by atoms with van der Waals surface area (Å²) < 4.78 is 63.8. The van der Waals surface area contributed by atoms with Crippen molar-refractivity contribution in [3.8, 4) is 0 Å². The van der Waals surface area contributed by atoms with Crippen molar-refractivity contribution < 1.29 is 31.1 Å². The Morgan fingerprint density at radius 2 is 1.89 bits per heavy atom. The van der Waals surface area contributed by atoms with Gasteiger partial charge in [0.2, 0.25) is 10.0 Å². The minimum Gasteiger partial charge on any atom is -0.465 e. The average molecular weight is 291 g/mol. The van der Waals surface area contributed by atoms with Crippen molar-refractivity contribution in [2.75, 3.05) is 26.0 Å². The molecule has 0 fully saturated rings. The minimum atomic E-state index is -4.38. The highest BCUT2D eigenvalue weighted by atomic mass is 32.2. The summed E-state index contributed by atoms with van der Waals surface area (Å²) in [7, 11) is -2.74. The maximum atomic E-state index is 11.9. The monoisotopic (exact) mass is 291 g/mol. The van der Waals surface area contributed by atoms with Crippen LogP contribution >= 0.6 is 0 Å². The SMILES string of the molecule is CCOC(=O)CN(C)S(=O)(=O)CCCC(F)(F)F. The summed E-state index contributed by atoms with van der Waals surface area (Å²) in [5.41, 5.74) is 0. The lowest BCUT2D eigenvalue weighted by Gasteiger charge is -2.16. The summed E-state index contributed by atoms with van der Waals surface area (Å²) in [5, 5.41) is 0. The van der Waals surface area contributed by atoms with Gasteiger partial charge in [0.05, 0.1) is 12.4 Å². The van der Waals surface area contributed by atoms with Crippen molar-refractivity contribution in [2.24, 2.45) is 0 Å². The number of esters is 1. The second-order valence-electron chi connectivity index (χ2n) is 3.60. The first kappa shape index (κ1) is 17.2. The third kappa shape index (κ3) is 7.49. The van der Waals surface area contributed by atoms with Gasteiger partial charge in [-0.25, -0.2) is 8.42 Å². The lowest BCUT2D eigenvalue weighted by molar-refractivity contribution is -0.143. The highest BCUT2D eigenvalue weighted by Crippen LogP contribution is 2.21. The molecule has 0 atom stereocenters. The number of halogens is 3. The van der Waals surface area contributed by atoms with Crippen LogP contribution in [0, 0.1) is 0 Å². The number of hydrogen-bond donors (Lipinski definition) is 0. The molecule has 0 heterocycles. The van der Waals surface area contributed by atoms with Crippen molar-refractivity contribution in [3.05, 3.63) is 0 Å². The topological polar surface area (TPSA) is 63.7 Å². The first-order valence-electron chi connectivity index (χ1n) is 5.25. The minimum absolute atomic E-state index is 0.112. The molecular weight excluding hydrogens is 275 g/mol. The van der Waals surface area contributed by atoms with Crippen molar-refractivity contribution in [3.63, 3.8) is 0 Å². The molecule has 0 unspecified atom stereocenters. The van der Waals surface area contributed by atoms with Crippen molar-refractivity contribution >= 4 is 16.0 Å². The van der Waals surface area contributed by atoms with Crippen LogP contribution in [0.2, 0.25) is 0 Å². The molecule has 108 valence electrons. The Morgan fingerprint density at radius 3 is 2.33 bits per heavy atom. The van der Waals surface area contributed by atoms with Gasteiger partial charge in [0.25, 0.3) is 0 Å². The van der Waals surface area contributed by atoms with Crippen LogP contribution in [0.25, 0.3) is 0 Å². The Hall–Kier alpha value is -0.830. The molecule has 0 saturated carbocycles. The van der Waals surface area contributed by atoms with Gasteiger partial charge in [-0.2, -0.15) is 17.5 Å². The largest absolute Gasteiger partial charge is 0.465 e. The average Bonchev–Trinajstić information content (AvgIpc) is 2.15. The third-order valence-electron chi connectivity index (χ3n) is 1.99. The number of ether oxygens (including phenoxy) is 1. The molecule has 9 heteroatoms. The summed E-state index contributed by atoms with van der Waals surface area (Å²) in [4.78, 5) is 11.0. The van der Waals surface area contributed by atoms with Crippen LogP contribution in [0.4, 0.5) is 13.2 Å². The highest BCUT2D eigenvalue weighted by molar-refractivity contribution is 7.89. The molecule has 0 bridgehead atoms. The first-order chi connectivity index (χ1) is 8.08. The van der Waals surface area contributed by atoms with Gasteiger partial charge in [-0.15, -0.1) is 0 Å². The number of carbonyl (C=O) groups excluding carboxylic acids is 1. The number of rotatable bonds is 7. The molecule has 0 amide bonds. The molecule has 0 aliphatic rings. The fraction of sp³-hybridized carbons (Fsp3) is 0.889. The van der Waals surface area contributed by atoms with E-state index >= 15 is 0 Å². The molecule has 0 rings (SSSR count). The smallest absolute Gasteiger partial charge is 0.389 e. The molecule has 0 aliphatic carbocycles. The molecular formula is C9H16F3NO4S. The van der Waals surface area contributed by atoms with E-state index in [4.69, 9.17) is 0 Å². The number of hydrogen-bond acceptors (Lipinski definition) is 4. The van der Waals surface area contributed by atoms with Gasteiger partial charge in [-0.3, -0.25) is 4.79 Å². The van der Waals surface area contributed by atoms with E-state index in [0.29, 0.717) is 4.31 Å². The lowest BCUT2D eigenvalue weighted by atomic mass is 10.3. The standard InChI is InChI=1S/C9H16F3NO4S/c1-3-17-8(14)7-13(2)18(15,16)6-4-5-9(10,11)12/h3-7H2,1-2H3. The van der Waals surface area contributed by atoms with E-state index in [1.807, 2.05) is 0 Å². The molecule has 0 spiro atoms. The van der Waals surface area contributed by atoms with Gasteiger partial charge in [-0.05, 0) is 13.3 Å². The van der Waals surface area contributed by atoms with Gasteiger partial charge < -0.3 is 4.74 Å². The van der Waals surface area contributed by atoms with Crippen LogP contribution in [0.5, 0.6) is 0 Å². The van der Waals surface area contributed by atoms with Crippen molar-refractivity contribution in [1.82, 2.24) is 4.31 Å². The second kappa shape index (κ2) is 6.93. The zero-order valence-electron chi connectivity index (χ0n) is 10.2. The maximum absolute atomic E-state index is 11.9. The maximum Gasteiger partial charge on any atom is 0.389 e. The zero-order valence-corrected chi connectivity index (χ0v) is 11.0. The Morgan fingerprint density at radius 1 is 1.33 bits per heavy atom. The van der Waals surface area contributed by atoms with Crippen LogP contribution < -0.4 is 0 Å². The molecule has 0 aliphatic heterocycles. The van der Waals surface area contributed by atoms with Crippen LogP contribution in [-0.4, -0.2) is 50.8 Å². The van der Waals surface area contributed by atoms with Crippen molar-refractivity contribution in [1.29, 1.82) is 0 Å². The van der Waals surface area contributed by atoms with E-state index < -0.39 is 47.3 Å². The molecule has 0 radical (unpaired) electrons. The normalized spacial score (nSPS) is 12.8. The molecule has 0 aromatic carbocycles. The lowest BCUT2D eigenvalue weighted by Crippen LogP contribution is -2.35. The predicted octanol–water partition coefficient (Wildman–Crippen LogP) is 1.15. The van der Waals surface area contributed by atoms with Gasteiger partial charge in [0.15, 0.2) is 0 Å². The molecule has 0 N–H and O–H groups in total. The Bertz CT molecular complexity index is 366. The Balaban J connectivity index is 4.24. The van der Waals surface area contributed by atoms with Gasteiger partial charge in [-0.1, -0.05) is 0 Å². The zero-order chi connectivity index (χ0) is 14.4. The number of likely N-dealkylation sites (N-methyl/N-ethyl adjacent to an activating group) is 1. The predicted molar refractivity (Wildman–Crippen MR) is 58.3 cm³/mol. The molecule has 0 saturated heterocycles. The Kier molecular flexibility index (Phi) is 6.61.